The number of alkyl halides is 3. The van der Waals surface area contributed by atoms with Gasteiger partial charge in [-0.1, -0.05) is 29.8 Å². The van der Waals surface area contributed by atoms with Crippen molar-refractivity contribution in [3.63, 3.8) is 0 Å². The minimum atomic E-state index is -4.61. The smallest absolute Gasteiger partial charge is 0.291 e. The number of aryl methyl sites for hydroxylation is 1. The van der Waals surface area contributed by atoms with E-state index in [2.05, 4.69) is 36.4 Å². The van der Waals surface area contributed by atoms with E-state index in [4.69, 9.17) is 0 Å². The minimum absolute atomic E-state index is 0.0416. The first-order valence-corrected chi connectivity index (χ1v) is 10.5. The SMILES string of the molecule is Cc1ccc(Cn2cnc(NC(=O)C(C)n3nc(C(F)(F)F)c(Br)c3C3CC3)n2)cc1. The average Bonchev–Trinajstić information content (AvgIpc) is 3.34. The van der Waals surface area contributed by atoms with Gasteiger partial charge in [0.1, 0.15) is 12.4 Å². The molecule has 7 nitrogen and oxygen atoms in total. The molecule has 1 amide bonds. The number of nitrogens with one attached hydrogen (secondary N) is 1. The van der Waals surface area contributed by atoms with Crippen LogP contribution in [0.15, 0.2) is 35.1 Å². The monoisotopic (exact) mass is 496 g/mol. The molecule has 0 spiro atoms. The molecule has 1 aromatic carbocycles. The molecule has 11 heteroatoms. The maximum Gasteiger partial charge on any atom is 0.436 e. The summed E-state index contributed by atoms with van der Waals surface area (Å²) < 4.78 is 42.6. The zero-order chi connectivity index (χ0) is 22.3. The number of aromatic nitrogens is 5. The van der Waals surface area contributed by atoms with Crippen LogP contribution in [0.3, 0.4) is 0 Å². The second-order valence-electron chi connectivity index (χ2n) is 7.68. The van der Waals surface area contributed by atoms with Gasteiger partial charge in [0.15, 0.2) is 5.69 Å². The molecule has 1 saturated carbocycles. The lowest BCUT2D eigenvalue weighted by atomic mass is 10.1. The first kappa shape index (κ1) is 21.5. The Morgan fingerprint density at radius 1 is 1.26 bits per heavy atom. The van der Waals surface area contributed by atoms with E-state index in [1.165, 1.54) is 13.3 Å². The summed E-state index contributed by atoms with van der Waals surface area (Å²) in [6, 6.07) is 6.97. The number of carbonyl (C=O) groups excluding carboxylic acids is 1. The van der Waals surface area contributed by atoms with Crippen molar-refractivity contribution in [1.82, 2.24) is 24.5 Å². The van der Waals surface area contributed by atoms with Gasteiger partial charge in [0, 0.05) is 5.92 Å². The second kappa shape index (κ2) is 8.10. The standard InChI is InChI=1S/C20H20BrF3N6O/c1-11-3-5-13(6-4-11)9-29-10-25-19(28-29)26-18(31)12(2)30-16(14-7-8-14)15(21)17(27-30)20(22,23)24/h3-6,10,12,14H,7-9H2,1-2H3,(H,26,28,31). The summed E-state index contributed by atoms with van der Waals surface area (Å²) in [6.07, 6.45) is -1.59. The second-order valence-corrected chi connectivity index (χ2v) is 8.47. The Labute approximate surface area is 184 Å². The zero-order valence-corrected chi connectivity index (χ0v) is 18.4. The van der Waals surface area contributed by atoms with Gasteiger partial charge < -0.3 is 0 Å². The predicted molar refractivity (Wildman–Crippen MR) is 111 cm³/mol. The summed E-state index contributed by atoms with van der Waals surface area (Å²) in [7, 11) is 0. The van der Waals surface area contributed by atoms with Gasteiger partial charge in [-0.15, -0.1) is 5.10 Å². The van der Waals surface area contributed by atoms with E-state index in [1.807, 2.05) is 31.2 Å². The highest BCUT2D eigenvalue weighted by molar-refractivity contribution is 9.10. The topological polar surface area (TPSA) is 77.6 Å². The molecule has 4 rings (SSSR count). The predicted octanol–water partition coefficient (Wildman–Crippen LogP) is 4.69. The fourth-order valence-electron chi connectivity index (χ4n) is 3.26. The highest BCUT2D eigenvalue weighted by Crippen LogP contribution is 2.47. The van der Waals surface area contributed by atoms with Gasteiger partial charge in [0.05, 0.1) is 16.7 Å². The molecule has 1 unspecified atom stereocenters. The minimum Gasteiger partial charge on any atom is -0.291 e. The Bertz CT molecular complexity index is 1100. The van der Waals surface area contributed by atoms with Crippen molar-refractivity contribution in [1.29, 1.82) is 0 Å². The van der Waals surface area contributed by atoms with E-state index in [0.717, 1.165) is 28.7 Å². The number of amides is 1. The van der Waals surface area contributed by atoms with Gasteiger partial charge in [0.25, 0.3) is 5.91 Å². The summed E-state index contributed by atoms with van der Waals surface area (Å²) in [5, 5.41) is 10.5. The van der Waals surface area contributed by atoms with Crippen molar-refractivity contribution in [3.05, 3.63) is 57.6 Å². The number of benzene rings is 1. The molecule has 2 aromatic heterocycles. The number of halogens is 4. The first-order valence-electron chi connectivity index (χ1n) is 9.74. The summed E-state index contributed by atoms with van der Waals surface area (Å²) >= 11 is 3.04. The number of anilines is 1. The van der Waals surface area contributed by atoms with Crippen molar-refractivity contribution >= 4 is 27.8 Å². The van der Waals surface area contributed by atoms with Crippen LogP contribution >= 0.6 is 15.9 Å². The number of rotatable bonds is 6. The lowest BCUT2D eigenvalue weighted by molar-refractivity contribution is -0.142. The van der Waals surface area contributed by atoms with Crippen molar-refractivity contribution in [2.45, 2.75) is 51.4 Å². The molecule has 1 atom stereocenters. The van der Waals surface area contributed by atoms with E-state index < -0.39 is 23.8 Å². The third-order valence-corrected chi connectivity index (χ3v) is 5.88. The van der Waals surface area contributed by atoms with Crippen molar-refractivity contribution < 1.29 is 18.0 Å². The van der Waals surface area contributed by atoms with E-state index in [1.54, 1.807) is 4.68 Å². The van der Waals surface area contributed by atoms with Crippen LogP contribution in [-0.4, -0.2) is 30.5 Å². The highest BCUT2D eigenvalue weighted by Gasteiger charge is 2.43. The van der Waals surface area contributed by atoms with Crippen molar-refractivity contribution in [2.24, 2.45) is 0 Å². The Hall–Kier alpha value is -2.69. The summed E-state index contributed by atoms with van der Waals surface area (Å²) in [5.74, 6) is -0.502. The molecule has 0 radical (unpaired) electrons. The Balaban J connectivity index is 1.49. The van der Waals surface area contributed by atoms with Crippen LogP contribution in [0.1, 0.15) is 54.2 Å². The molecular formula is C20H20BrF3N6O. The van der Waals surface area contributed by atoms with Crippen LogP contribution in [0.5, 0.6) is 0 Å². The molecule has 1 aliphatic carbocycles. The van der Waals surface area contributed by atoms with E-state index >= 15 is 0 Å². The maximum absolute atomic E-state index is 13.3. The van der Waals surface area contributed by atoms with Crippen LogP contribution < -0.4 is 5.32 Å². The van der Waals surface area contributed by atoms with Crippen LogP contribution in [0.25, 0.3) is 0 Å². The lowest BCUT2D eigenvalue weighted by Crippen LogP contribution is -2.26. The summed E-state index contributed by atoms with van der Waals surface area (Å²) in [4.78, 5) is 16.8. The quantitative estimate of drug-likeness (QED) is 0.536. The molecular weight excluding hydrogens is 477 g/mol. The molecule has 1 N–H and O–H groups in total. The van der Waals surface area contributed by atoms with Crippen LogP contribution in [0, 0.1) is 6.92 Å². The molecule has 2 heterocycles. The number of hydrogen-bond acceptors (Lipinski definition) is 4. The molecule has 1 fully saturated rings. The fraction of sp³-hybridized carbons (Fsp3) is 0.400. The molecule has 31 heavy (non-hydrogen) atoms. The van der Waals surface area contributed by atoms with Crippen molar-refractivity contribution in [3.8, 4) is 0 Å². The van der Waals surface area contributed by atoms with Crippen LogP contribution in [0.4, 0.5) is 19.1 Å². The van der Waals surface area contributed by atoms with E-state index in [9.17, 15) is 18.0 Å². The Morgan fingerprint density at radius 3 is 2.55 bits per heavy atom. The normalized spacial score (nSPS) is 15.2. The van der Waals surface area contributed by atoms with E-state index in [0.29, 0.717) is 12.2 Å². The molecule has 0 aliphatic heterocycles. The fourth-order valence-corrected chi connectivity index (χ4v) is 4.07. The van der Waals surface area contributed by atoms with Gasteiger partial charge in [-0.3, -0.25) is 14.8 Å². The Morgan fingerprint density at radius 2 is 1.94 bits per heavy atom. The molecule has 0 saturated heterocycles. The molecule has 0 bridgehead atoms. The summed E-state index contributed by atoms with van der Waals surface area (Å²) in [6.45, 7) is 3.98. The van der Waals surface area contributed by atoms with Gasteiger partial charge in [-0.05, 0) is 48.2 Å². The largest absolute Gasteiger partial charge is 0.436 e. The molecule has 3 aromatic rings. The third kappa shape index (κ3) is 4.65. The molecule has 1 aliphatic rings. The molecule has 164 valence electrons. The van der Waals surface area contributed by atoms with E-state index in [-0.39, 0.29) is 16.3 Å². The summed E-state index contributed by atoms with van der Waals surface area (Å²) in [5.41, 5.74) is 1.55. The number of nitrogens with zero attached hydrogens (tertiary/aromatic N) is 5. The number of hydrogen-bond donors (Lipinski definition) is 1. The van der Waals surface area contributed by atoms with Crippen molar-refractivity contribution in [2.75, 3.05) is 5.32 Å². The highest BCUT2D eigenvalue weighted by atomic mass is 79.9. The maximum atomic E-state index is 13.3. The first-order chi connectivity index (χ1) is 14.6. The van der Waals surface area contributed by atoms with Gasteiger partial charge >= 0.3 is 6.18 Å². The van der Waals surface area contributed by atoms with Gasteiger partial charge in [-0.25, -0.2) is 9.67 Å². The van der Waals surface area contributed by atoms with Gasteiger partial charge in [0.2, 0.25) is 5.95 Å². The average molecular weight is 497 g/mol. The lowest BCUT2D eigenvalue weighted by Gasteiger charge is -2.14. The van der Waals surface area contributed by atoms with Crippen LogP contribution in [0.2, 0.25) is 0 Å². The zero-order valence-electron chi connectivity index (χ0n) is 16.8. The third-order valence-electron chi connectivity index (χ3n) is 5.10. The van der Waals surface area contributed by atoms with Gasteiger partial charge in [-0.2, -0.15) is 18.3 Å². The van der Waals surface area contributed by atoms with Crippen LogP contribution in [-0.2, 0) is 17.5 Å². The number of carbonyl (C=O) groups is 1. The Kier molecular flexibility index (Phi) is 5.63.